The molecule has 0 amide bonds. The van der Waals surface area contributed by atoms with Crippen molar-refractivity contribution in [1.29, 1.82) is 0 Å². The topological polar surface area (TPSA) is 63.9 Å². The minimum absolute atomic E-state index is 0.0308. The van der Waals surface area contributed by atoms with Crippen molar-refractivity contribution in [2.24, 2.45) is 10.8 Å². The second-order valence-corrected chi connectivity index (χ2v) is 8.45. The van der Waals surface area contributed by atoms with Crippen LogP contribution in [-0.2, 0) is 6.42 Å². The molecule has 1 spiro atoms. The van der Waals surface area contributed by atoms with Gasteiger partial charge in [-0.2, -0.15) is 0 Å². The average Bonchev–Trinajstić information content (AvgIpc) is 2.59. The number of phenolic OH excluding ortho intramolecular Hbond substituents is 1. The molecule has 2 aliphatic rings. The summed E-state index contributed by atoms with van der Waals surface area (Å²) in [4.78, 5) is 2.29. The van der Waals surface area contributed by atoms with Gasteiger partial charge in [0.05, 0.1) is 6.10 Å². The van der Waals surface area contributed by atoms with Crippen molar-refractivity contribution in [2.75, 3.05) is 26.2 Å². The Bertz CT molecular complexity index is 730. The maximum atomic E-state index is 10.4. The van der Waals surface area contributed by atoms with Crippen molar-refractivity contribution in [3.8, 4) is 5.75 Å². The standard InChI is InChI=1S/C22H27NO3/c24-16-21(10-17-4-2-1-3-5-17)12-22(13-21)14-23(15-22)11-20(26)18-6-8-19(25)9-7-18/h1-9,20,24-26H,10-16H2/t20-/m1/s1. The fourth-order valence-electron chi connectivity index (χ4n) is 5.16. The Balaban J connectivity index is 1.29. The minimum atomic E-state index is -0.528. The van der Waals surface area contributed by atoms with Crippen molar-refractivity contribution in [2.45, 2.75) is 25.4 Å². The van der Waals surface area contributed by atoms with E-state index in [4.69, 9.17) is 0 Å². The zero-order valence-electron chi connectivity index (χ0n) is 15.0. The van der Waals surface area contributed by atoms with Gasteiger partial charge in [-0.1, -0.05) is 42.5 Å². The molecule has 1 saturated carbocycles. The summed E-state index contributed by atoms with van der Waals surface area (Å²) in [5.74, 6) is 0.220. The van der Waals surface area contributed by atoms with Crippen LogP contribution >= 0.6 is 0 Å². The number of benzene rings is 2. The highest BCUT2D eigenvalue weighted by Gasteiger charge is 2.59. The lowest BCUT2D eigenvalue weighted by Crippen LogP contribution is -2.67. The minimum Gasteiger partial charge on any atom is -0.508 e. The fourth-order valence-corrected chi connectivity index (χ4v) is 5.16. The monoisotopic (exact) mass is 353 g/mol. The third-order valence-electron chi connectivity index (χ3n) is 6.08. The third-order valence-corrected chi connectivity index (χ3v) is 6.08. The highest BCUT2D eigenvalue weighted by molar-refractivity contribution is 5.27. The highest BCUT2D eigenvalue weighted by Crippen LogP contribution is 2.60. The van der Waals surface area contributed by atoms with Crippen molar-refractivity contribution >= 4 is 0 Å². The summed E-state index contributed by atoms with van der Waals surface area (Å²) in [7, 11) is 0. The molecule has 3 N–H and O–H groups in total. The van der Waals surface area contributed by atoms with Crippen molar-refractivity contribution in [3.63, 3.8) is 0 Å². The largest absolute Gasteiger partial charge is 0.508 e. The number of rotatable bonds is 6. The lowest BCUT2D eigenvalue weighted by Gasteiger charge is -2.64. The van der Waals surface area contributed by atoms with Crippen LogP contribution in [0, 0.1) is 10.8 Å². The Labute approximate surface area is 154 Å². The Morgan fingerprint density at radius 3 is 2.23 bits per heavy atom. The summed E-state index contributed by atoms with van der Waals surface area (Å²) < 4.78 is 0. The number of hydrogen-bond acceptors (Lipinski definition) is 4. The Morgan fingerprint density at radius 1 is 0.962 bits per heavy atom. The highest BCUT2D eigenvalue weighted by atomic mass is 16.3. The van der Waals surface area contributed by atoms with E-state index in [0.717, 1.165) is 37.9 Å². The van der Waals surface area contributed by atoms with Gasteiger partial charge in [-0.05, 0) is 53.4 Å². The number of likely N-dealkylation sites (tertiary alicyclic amines) is 1. The van der Waals surface area contributed by atoms with E-state index in [1.807, 2.05) is 6.07 Å². The molecule has 0 radical (unpaired) electrons. The number of aliphatic hydroxyl groups excluding tert-OH is 2. The molecule has 4 rings (SSSR count). The molecule has 0 aromatic heterocycles. The van der Waals surface area contributed by atoms with Crippen LogP contribution < -0.4 is 0 Å². The second-order valence-electron chi connectivity index (χ2n) is 8.45. The van der Waals surface area contributed by atoms with E-state index in [0.29, 0.717) is 12.0 Å². The van der Waals surface area contributed by atoms with E-state index >= 15 is 0 Å². The molecule has 1 saturated heterocycles. The number of hydrogen-bond donors (Lipinski definition) is 3. The average molecular weight is 353 g/mol. The van der Waals surface area contributed by atoms with Crippen molar-refractivity contribution in [3.05, 3.63) is 65.7 Å². The van der Waals surface area contributed by atoms with Crippen LogP contribution in [0.1, 0.15) is 30.1 Å². The Morgan fingerprint density at radius 2 is 1.62 bits per heavy atom. The van der Waals surface area contributed by atoms with Crippen LogP contribution in [0.5, 0.6) is 5.75 Å². The summed E-state index contributed by atoms with van der Waals surface area (Å²) in [5, 5.41) is 29.7. The van der Waals surface area contributed by atoms with Crippen LogP contribution in [0.25, 0.3) is 0 Å². The van der Waals surface area contributed by atoms with E-state index in [-0.39, 0.29) is 17.8 Å². The molecule has 2 aromatic rings. The summed E-state index contributed by atoms with van der Waals surface area (Å²) in [5.41, 5.74) is 2.50. The van der Waals surface area contributed by atoms with Gasteiger partial charge in [0.25, 0.3) is 0 Å². The first-order chi connectivity index (χ1) is 12.5. The van der Waals surface area contributed by atoms with Gasteiger partial charge in [0.1, 0.15) is 5.75 Å². The van der Waals surface area contributed by atoms with Crippen molar-refractivity contribution in [1.82, 2.24) is 4.90 Å². The summed E-state index contributed by atoms with van der Waals surface area (Å²) >= 11 is 0. The normalized spacial score (nSPS) is 21.8. The molecular weight excluding hydrogens is 326 g/mol. The third kappa shape index (κ3) is 3.37. The predicted octanol–water partition coefficient (Wildman–Crippen LogP) is 2.74. The molecule has 1 heterocycles. The first-order valence-corrected chi connectivity index (χ1v) is 9.36. The van der Waals surface area contributed by atoms with Crippen LogP contribution in [0.3, 0.4) is 0 Å². The number of aromatic hydroxyl groups is 1. The molecule has 26 heavy (non-hydrogen) atoms. The molecule has 1 atom stereocenters. The second kappa shape index (κ2) is 6.69. The maximum absolute atomic E-state index is 10.4. The van der Waals surface area contributed by atoms with E-state index in [1.165, 1.54) is 5.56 Å². The van der Waals surface area contributed by atoms with Crippen molar-refractivity contribution < 1.29 is 15.3 Å². The summed E-state index contributed by atoms with van der Waals surface area (Å²) in [6.45, 7) is 2.87. The van der Waals surface area contributed by atoms with Crippen LogP contribution in [-0.4, -0.2) is 46.5 Å². The lowest BCUT2D eigenvalue weighted by atomic mass is 9.48. The molecule has 1 aliphatic heterocycles. The Hall–Kier alpha value is -1.88. The molecule has 2 aromatic carbocycles. The lowest BCUT2D eigenvalue weighted by molar-refractivity contribution is -0.164. The first-order valence-electron chi connectivity index (χ1n) is 9.36. The molecule has 138 valence electrons. The summed E-state index contributed by atoms with van der Waals surface area (Å²) in [6.07, 6.45) is 2.55. The number of β-amino-alcohol motifs (C(OH)–C–C–N with tert-alkyl or cyclic N) is 1. The van der Waals surface area contributed by atoms with E-state index in [1.54, 1.807) is 24.3 Å². The number of aliphatic hydroxyl groups is 2. The van der Waals surface area contributed by atoms with Crippen LogP contribution in [0.4, 0.5) is 0 Å². The molecule has 2 fully saturated rings. The fraction of sp³-hybridized carbons (Fsp3) is 0.455. The maximum Gasteiger partial charge on any atom is 0.115 e. The van der Waals surface area contributed by atoms with Gasteiger partial charge in [-0.25, -0.2) is 0 Å². The number of phenols is 1. The zero-order chi connectivity index (χ0) is 18.2. The quantitative estimate of drug-likeness (QED) is 0.747. The molecule has 4 nitrogen and oxygen atoms in total. The van der Waals surface area contributed by atoms with Gasteiger partial charge < -0.3 is 15.3 Å². The zero-order valence-corrected chi connectivity index (χ0v) is 15.0. The molecule has 1 aliphatic carbocycles. The number of nitrogens with zero attached hydrogens (tertiary/aromatic N) is 1. The van der Waals surface area contributed by atoms with E-state index in [2.05, 4.69) is 29.2 Å². The van der Waals surface area contributed by atoms with Gasteiger partial charge in [-0.3, -0.25) is 4.90 Å². The van der Waals surface area contributed by atoms with E-state index in [9.17, 15) is 15.3 Å². The molecule has 4 heteroatoms. The predicted molar refractivity (Wildman–Crippen MR) is 101 cm³/mol. The van der Waals surface area contributed by atoms with E-state index < -0.39 is 6.10 Å². The van der Waals surface area contributed by atoms with Crippen LogP contribution in [0.2, 0.25) is 0 Å². The molecular formula is C22H27NO3. The van der Waals surface area contributed by atoms with Gasteiger partial charge in [0, 0.05) is 26.2 Å². The van der Waals surface area contributed by atoms with Gasteiger partial charge in [-0.15, -0.1) is 0 Å². The molecule has 0 unspecified atom stereocenters. The van der Waals surface area contributed by atoms with Gasteiger partial charge in [0.15, 0.2) is 0 Å². The van der Waals surface area contributed by atoms with Gasteiger partial charge in [0.2, 0.25) is 0 Å². The molecule has 0 bridgehead atoms. The Kier molecular flexibility index (Phi) is 4.51. The van der Waals surface area contributed by atoms with Crippen LogP contribution in [0.15, 0.2) is 54.6 Å². The SMILES string of the molecule is OCC1(Cc2ccccc2)CC2(CN(C[C@@H](O)c3ccc(O)cc3)C2)C1. The summed E-state index contributed by atoms with van der Waals surface area (Å²) in [6, 6.07) is 17.2. The smallest absolute Gasteiger partial charge is 0.115 e. The van der Waals surface area contributed by atoms with Gasteiger partial charge >= 0.3 is 0 Å². The first kappa shape index (κ1) is 17.5.